The highest BCUT2D eigenvalue weighted by Gasteiger charge is 2.45. The Morgan fingerprint density at radius 3 is 2.40 bits per heavy atom. The summed E-state index contributed by atoms with van der Waals surface area (Å²) in [6.07, 6.45) is -4.10. The van der Waals surface area contributed by atoms with Crippen LogP contribution in [0.5, 0.6) is 0 Å². The highest BCUT2D eigenvalue weighted by Crippen LogP contribution is 2.50. The topological polar surface area (TPSA) is 113 Å². The number of nitro benzene ring substituents is 1. The summed E-state index contributed by atoms with van der Waals surface area (Å²) in [5.74, 6) is -1.22. The number of benzene rings is 2. The third-order valence-corrected chi connectivity index (χ3v) is 6.25. The molecule has 0 amide bonds. The molecular formula is C25H21F3N4O3. The van der Waals surface area contributed by atoms with Crippen molar-refractivity contribution < 1.29 is 22.9 Å². The van der Waals surface area contributed by atoms with Crippen LogP contribution in [0.15, 0.2) is 71.2 Å². The minimum Gasteiger partial charge on any atom is -0.384 e. The Morgan fingerprint density at radius 1 is 1.17 bits per heavy atom. The summed E-state index contributed by atoms with van der Waals surface area (Å²) in [7, 11) is 0. The molecule has 2 aliphatic rings. The number of Topliss-reactive ketones (excluding diaryl/α,β-unsaturated/α-hetero) is 1. The second-order valence-corrected chi connectivity index (χ2v) is 9.38. The van der Waals surface area contributed by atoms with E-state index in [1.807, 2.05) is 19.9 Å². The van der Waals surface area contributed by atoms with Crippen molar-refractivity contribution in [1.29, 1.82) is 5.26 Å². The zero-order chi connectivity index (χ0) is 25.7. The molecule has 4 rings (SSSR count). The number of nitriles is 1. The minimum atomic E-state index is -4.59. The molecule has 0 saturated heterocycles. The fourth-order valence-corrected chi connectivity index (χ4v) is 4.75. The number of non-ortho nitro benzene ring substituents is 1. The lowest BCUT2D eigenvalue weighted by Crippen LogP contribution is -2.42. The number of nitrogens with two attached hydrogens (primary N) is 1. The number of carbonyl (C=O) groups excluding carboxylic acids is 1. The molecule has 1 aliphatic heterocycles. The lowest BCUT2D eigenvalue weighted by Gasteiger charge is -2.43. The molecule has 7 nitrogen and oxygen atoms in total. The normalized spacial score (nSPS) is 19.9. The SMILES string of the molecule is CC1(C)CC(=O)C2=C(C1)N(c1cccc(C(F)(F)F)c1)C(N)=C(C#N)[C@@H]2c1ccc([N+](=O)[O-])cc1. The van der Waals surface area contributed by atoms with Crippen molar-refractivity contribution in [3.8, 4) is 6.07 Å². The number of anilines is 1. The fraction of sp³-hybridized carbons (Fsp3) is 0.280. The standard InChI is InChI=1S/C25H21F3N4O3/c1-24(2)11-19-22(20(33)12-24)21(14-6-8-16(9-7-14)32(34)35)18(13-29)23(30)31(19)17-5-3-4-15(10-17)25(26,27)28/h3-10,21H,11-12,30H2,1-2H3/t21-/m0/s1. The quantitative estimate of drug-likeness (QED) is 0.453. The van der Waals surface area contributed by atoms with Crippen molar-refractivity contribution in [2.75, 3.05) is 4.90 Å². The van der Waals surface area contributed by atoms with Crippen LogP contribution in [0.1, 0.15) is 43.7 Å². The summed E-state index contributed by atoms with van der Waals surface area (Å²) in [5, 5.41) is 21.1. The van der Waals surface area contributed by atoms with E-state index >= 15 is 0 Å². The van der Waals surface area contributed by atoms with Crippen molar-refractivity contribution >= 4 is 17.2 Å². The second-order valence-electron chi connectivity index (χ2n) is 9.38. The lowest BCUT2D eigenvalue weighted by molar-refractivity contribution is -0.384. The van der Waals surface area contributed by atoms with Crippen molar-refractivity contribution in [1.82, 2.24) is 0 Å². The number of nitrogens with zero attached hydrogens (tertiary/aromatic N) is 3. The van der Waals surface area contributed by atoms with Gasteiger partial charge in [-0.25, -0.2) is 0 Å². The maximum atomic E-state index is 13.4. The Balaban J connectivity index is 1.97. The Bertz CT molecular complexity index is 1330. The molecule has 0 radical (unpaired) electrons. The van der Waals surface area contributed by atoms with Crippen LogP contribution >= 0.6 is 0 Å². The molecule has 1 atom stereocenters. The molecule has 0 fully saturated rings. The molecule has 0 aromatic heterocycles. The van der Waals surface area contributed by atoms with Crippen molar-refractivity contribution in [2.45, 2.75) is 38.8 Å². The summed E-state index contributed by atoms with van der Waals surface area (Å²) in [6.45, 7) is 3.75. The van der Waals surface area contributed by atoms with Gasteiger partial charge in [0, 0.05) is 35.5 Å². The van der Waals surface area contributed by atoms with E-state index < -0.39 is 28.0 Å². The van der Waals surface area contributed by atoms with Gasteiger partial charge in [0.25, 0.3) is 5.69 Å². The summed E-state index contributed by atoms with van der Waals surface area (Å²) in [5.41, 5.74) is 6.10. The van der Waals surface area contributed by atoms with E-state index in [0.717, 1.165) is 12.1 Å². The number of hydrogen-bond acceptors (Lipinski definition) is 6. The van der Waals surface area contributed by atoms with Crippen LogP contribution in [0.4, 0.5) is 24.5 Å². The van der Waals surface area contributed by atoms with Gasteiger partial charge in [-0.1, -0.05) is 32.0 Å². The Labute approximate surface area is 199 Å². The summed E-state index contributed by atoms with van der Waals surface area (Å²) in [4.78, 5) is 25.3. The average molecular weight is 482 g/mol. The van der Waals surface area contributed by atoms with Gasteiger partial charge in [-0.3, -0.25) is 19.8 Å². The van der Waals surface area contributed by atoms with E-state index in [1.165, 1.54) is 41.3 Å². The monoisotopic (exact) mass is 482 g/mol. The van der Waals surface area contributed by atoms with E-state index in [0.29, 0.717) is 17.7 Å². The first-order chi connectivity index (χ1) is 16.3. The molecule has 10 heteroatoms. The Morgan fingerprint density at radius 2 is 1.83 bits per heavy atom. The molecule has 0 spiro atoms. The Hall–Kier alpha value is -4.13. The van der Waals surface area contributed by atoms with Gasteiger partial charge in [-0.05, 0) is 35.6 Å². The zero-order valence-electron chi connectivity index (χ0n) is 18.9. The molecule has 180 valence electrons. The molecule has 2 aromatic carbocycles. The number of allylic oxidation sites excluding steroid dienone is 3. The van der Waals surface area contributed by atoms with Crippen LogP contribution in [0.25, 0.3) is 0 Å². The molecule has 0 unspecified atom stereocenters. The van der Waals surface area contributed by atoms with Crippen LogP contribution in [0, 0.1) is 26.9 Å². The van der Waals surface area contributed by atoms with E-state index in [9.17, 15) is 33.3 Å². The first kappa shape index (κ1) is 24.0. The smallest absolute Gasteiger partial charge is 0.384 e. The predicted octanol–water partition coefficient (Wildman–Crippen LogP) is 5.55. The Kier molecular flexibility index (Phi) is 5.67. The summed E-state index contributed by atoms with van der Waals surface area (Å²) >= 11 is 0. The van der Waals surface area contributed by atoms with Crippen molar-refractivity contribution in [3.05, 3.63) is 92.4 Å². The average Bonchev–Trinajstić information content (AvgIpc) is 2.77. The highest BCUT2D eigenvalue weighted by molar-refractivity contribution is 6.01. The third kappa shape index (κ3) is 4.25. The molecule has 0 bridgehead atoms. The first-order valence-electron chi connectivity index (χ1n) is 10.7. The van der Waals surface area contributed by atoms with E-state index in [4.69, 9.17) is 5.73 Å². The van der Waals surface area contributed by atoms with Gasteiger partial charge in [0.1, 0.15) is 5.82 Å². The van der Waals surface area contributed by atoms with Gasteiger partial charge in [0.2, 0.25) is 0 Å². The van der Waals surface area contributed by atoms with E-state index in [1.54, 1.807) is 0 Å². The predicted molar refractivity (Wildman–Crippen MR) is 122 cm³/mol. The van der Waals surface area contributed by atoms with Crippen LogP contribution in [-0.2, 0) is 11.0 Å². The largest absolute Gasteiger partial charge is 0.416 e. The summed E-state index contributed by atoms with van der Waals surface area (Å²) < 4.78 is 40.3. The van der Waals surface area contributed by atoms with Crippen LogP contribution in [0.3, 0.4) is 0 Å². The maximum Gasteiger partial charge on any atom is 0.416 e. The van der Waals surface area contributed by atoms with Crippen molar-refractivity contribution in [3.63, 3.8) is 0 Å². The first-order valence-corrected chi connectivity index (χ1v) is 10.7. The number of rotatable bonds is 3. The number of halogens is 3. The molecular weight excluding hydrogens is 461 g/mol. The second kappa shape index (κ2) is 8.27. The molecule has 1 heterocycles. The zero-order valence-corrected chi connectivity index (χ0v) is 18.9. The van der Waals surface area contributed by atoms with Gasteiger partial charge >= 0.3 is 6.18 Å². The van der Waals surface area contributed by atoms with Crippen molar-refractivity contribution in [2.24, 2.45) is 11.1 Å². The van der Waals surface area contributed by atoms with Gasteiger partial charge < -0.3 is 5.73 Å². The van der Waals surface area contributed by atoms with Crippen LogP contribution in [0.2, 0.25) is 0 Å². The van der Waals surface area contributed by atoms with Gasteiger partial charge in [-0.15, -0.1) is 0 Å². The van der Waals surface area contributed by atoms with Gasteiger partial charge in [0.15, 0.2) is 5.78 Å². The number of alkyl halides is 3. The van der Waals surface area contributed by atoms with E-state index in [-0.39, 0.29) is 40.5 Å². The molecule has 0 saturated carbocycles. The fourth-order valence-electron chi connectivity index (χ4n) is 4.75. The highest BCUT2D eigenvalue weighted by atomic mass is 19.4. The molecule has 1 aliphatic carbocycles. The van der Waals surface area contributed by atoms with Gasteiger partial charge in [0.05, 0.1) is 28.0 Å². The number of carbonyl (C=O) groups is 1. The van der Waals surface area contributed by atoms with Crippen LogP contribution in [-0.4, -0.2) is 10.7 Å². The lowest BCUT2D eigenvalue weighted by atomic mass is 9.68. The summed E-state index contributed by atoms with van der Waals surface area (Å²) in [6, 6.07) is 12.1. The molecule has 2 aromatic rings. The van der Waals surface area contributed by atoms with E-state index in [2.05, 4.69) is 0 Å². The minimum absolute atomic E-state index is 0.0110. The molecule has 2 N–H and O–H groups in total. The molecule has 35 heavy (non-hydrogen) atoms. The number of ketones is 1. The maximum absolute atomic E-state index is 13.4. The number of hydrogen-bond donors (Lipinski definition) is 1. The number of nitro groups is 1. The van der Waals surface area contributed by atoms with Crippen LogP contribution < -0.4 is 10.6 Å². The third-order valence-electron chi connectivity index (χ3n) is 6.25. The van der Waals surface area contributed by atoms with Gasteiger partial charge in [-0.2, -0.15) is 18.4 Å².